The molecule has 2 aliphatic heterocycles. The monoisotopic (exact) mass is 299 g/mol. The van der Waals surface area contributed by atoms with E-state index in [0.29, 0.717) is 11.8 Å². The van der Waals surface area contributed by atoms with Crippen molar-refractivity contribution >= 4 is 11.2 Å². The molecule has 118 valence electrons. The van der Waals surface area contributed by atoms with E-state index in [1.165, 1.54) is 38.1 Å². The van der Waals surface area contributed by atoms with Gasteiger partial charge in [0.25, 0.3) is 0 Å². The van der Waals surface area contributed by atoms with Crippen molar-refractivity contribution in [1.82, 2.24) is 25.2 Å². The van der Waals surface area contributed by atoms with Crippen LogP contribution in [0.4, 0.5) is 0 Å². The normalized spacial score (nSPS) is 26.4. The van der Waals surface area contributed by atoms with Gasteiger partial charge in [-0.25, -0.2) is 9.97 Å². The summed E-state index contributed by atoms with van der Waals surface area (Å²) in [5.74, 6) is 2.47. The summed E-state index contributed by atoms with van der Waals surface area (Å²) in [7, 11) is 0. The second kappa shape index (κ2) is 6.34. The number of hydrogen-bond acceptors (Lipinski definition) is 4. The summed E-state index contributed by atoms with van der Waals surface area (Å²) in [6.07, 6.45) is 6.96. The average molecular weight is 299 g/mol. The number of nitrogens with zero attached hydrogens (tertiary/aromatic N) is 3. The Morgan fingerprint density at radius 2 is 2.00 bits per heavy atom. The lowest BCUT2D eigenvalue weighted by atomic mass is 9.97. The maximum atomic E-state index is 4.94. The van der Waals surface area contributed by atoms with Crippen molar-refractivity contribution in [2.24, 2.45) is 5.92 Å². The molecule has 2 N–H and O–H groups in total. The van der Waals surface area contributed by atoms with Crippen molar-refractivity contribution in [2.45, 2.75) is 38.1 Å². The third-order valence-electron chi connectivity index (χ3n) is 5.04. The fourth-order valence-corrected chi connectivity index (χ4v) is 3.88. The first-order chi connectivity index (χ1) is 10.9. The first-order valence-corrected chi connectivity index (χ1v) is 8.64. The minimum Gasteiger partial charge on any atom is -0.316 e. The van der Waals surface area contributed by atoms with Gasteiger partial charge in [0.2, 0.25) is 0 Å². The molecule has 0 radical (unpaired) electrons. The van der Waals surface area contributed by atoms with Gasteiger partial charge in [0.1, 0.15) is 11.3 Å². The van der Waals surface area contributed by atoms with Crippen LogP contribution in [0.25, 0.3) is 11.2 Å². The van der Waals surface area contributed by atoms with Crippen LogP contribution in [0.5, 0.6) is 0 Å². The van der Waals surface area contributed by atoms with Crippen molar-refractivity contribution in [1.29, 1.82) is 0 Å². The summed E-state index contributed by atoms with van der Waals surface area (Å²) >= 11 is 0. The van der Waals surface area contributed by atoms with E-state index in [0.717, 1.165) is 37.3 Å². The van der Waals surface area contributed by atoms with Crippen molar-refractivity contribution < 1.29 is 0 Å². The van der Waals surface area contributed by atoms with Gasteiger partial charge in [-0.15, -0.1) is 0 Å². The molecule has 2 unspecified atom stereocenters. The van der Waals surface area contributed by atoms with E-state index in [4.69, 9.17) is 4.98 Å². The number of nitrogens with one attached hydrogen (secondary N) is 2. The Hall–Kier alpha value is -1.46. The van der Waals surface area contributed by atoms with Gasteiger partial charge in [-0.3, -0.25) is 0 Å². The third-order valence-corrected chi connectivity index (χ3v) is 5.04. The van der Waals surface area contributed by atoms with Gasteiger partial charge < -0.3 is 15.2 Å². The summed E-state index contributed by atoms with van der Waals surface area (Å²) < 4.78 is 2.41. The van der Waals surface area contributed by atoms with Gasteiger partial charge in [0.15, 0.2) is 5.65 Å². The number of fused-ring (bicyclic) bond motifs is 1. The van der Waals surface area contributed by atoms with Gasteiger partial charge >= 0.3 is 0 Å². The minimum atomic E-state index is 0.527. The van der Waals surface area contributed by atoms with E-state index in [9.17, 15) is 0 Å². The summed E-state index contributed by atoms with van der Waals surface area (Å²) in [6, 6.07) is 4.09. The van der Waals surface area contributed by atoms with E-state index >= 15 is 0 Å². The van der Waals surface area contributed by atoms with Crippen LogP contribution in [-0.2, 0) is 6.54 Å². The molecule has 22 heavy (non-hydrogen) atoms. The van der Waals surface area contributed by atoms with Gasteiger partial charge in [0, 0.05) is 25.2 Å². The van der Waals surface area contributed by atoms with Gasteiger partial charge in [0.05, 0.1) is 0 Å². The highest BCUT2D eigenvalue weighted by molar-refractivity contribution is 5.71. The molecule has 2 aromatic heterocycles. The summed E-state index contributed by atoms with van der Waals surface area (Å²) in [6.45, 7) is 5.52. The average Bonchev–Trinajstić information content (AvgIpc) is 2.95. The van der Waals surface area contributed by atoms with Gasteiger partial charge in [-0.1, -0.05) is 0 Å². The zero-order valence-corrected chi connectivity index (χ0v) is 13.1. The van der Waals surface area contributed by atoms with Crippen LogP contribution in [0.2, 0.25) is 0 Å². The highest BCUT2D eigenvalue weighted by atomic mass is 15.1. The second-order valence-electron chi connectivity index (χ2n) is 6.68. The molecule has 4 rings (SSSR count). The summed E-state index contributed by atoms with van der Waals surface area (Å²) in [4.78, 5) is 9.56. The fourth-order valence-electron chi connectivity index (χ4n) is 3.88. The zero-order valence-electron chi connectivity index (χ0n) is 13.1. The molecule has 4 heterocycles. The number of piperidine rings is 2. The molecule has 0 aromatic carbocycles. The van der Waals surface area contributed by atoms with E-state index < -0.39 is 0 Å². The largest absolute Gasteiger partial charge is 0.316 e. The smallest absolute Gasteiger partial charge is 0.160 e. The lowest BCUT2D eigenvalue weighted by molar-refractivity contribution is 0.329. The molecule has 0 saturated carbocycles. The number of pyridine rings is 1. The molecular weight excluding hydrogens is 274 g/mol. The molecule has 5 nitrogen and oxygen atoms in total. The summed E-state index contributed by atoms with van der Waals surface area (Å²) in [5.41, 5.74) is 2.11. The van der Waals surface area contributed by atoms with Crippen LogP contribution in [-0.4, -0.2) is 40.7 Å². The number of aromatic nitrogens is 3. The predicted molar refractivity (Wildman–Crippen MR) is 88.0 cm³/mol. The topological polar surface area (TPSA) is 54.8 Å². The molecule has 2 aliphatic rings. The Kier molecular flexibility index (Phi) is 4.08. The van der Waals surface area contributed by atoms with Crippen molar-refractivity contribution in [2.75, 3.05) is 26.2 Å². The van der Waals surface area contributed by atoms with Crippen LogP contribution in [0.3, 0.4) is 0 Å². The zero-order chi connectivity index (χ0) is 14.8. The highest BCUT2D eigenvalue weighted by Crippen LogP contribution is 2.27. The van der Waals surface area contributed by atoms with E-state index in [2.05, 4.69) is 26.3 Å². The lowest BCUT2D eigenvalue weighted by Gasteiger charge is -2.27. The SMILES string of the molecule is c1cnc2c(c1)nc(C1CCCNC1)n2CC1CCCNC1. The van der Waals surface area contributed by atoms with E-state index in [1.54, 1.807) is 0 Å². The Labute approximate surface area is 131 Å². The van der Waals surface area contributed by atoms with Gasteiger partial charge in [-0.05, 0) is 63.4 Å². The molecular formula is C17H25N5. The molecule has 0 amide bonds. The summed E-state index contributed by atoms with van der Waals surface area (Å²) in [5, 5.41) is 7.05. The standard InChI is InChI=1S/C17H25N5/c1-4-13(10-18-7-1)12-22-16(14-5-2-8-19-11-14)21-15-6-3-9-20-17(15)22/h3,6,9,13-14,18-19H,1-2,4-5,7-8,10-12H2. The quantitative estimate of drug-likeness (QED) is 0.909. The van der Waals surface area contributed by atoms with Gasteiger partial charge in [-0.2, -0.15) is 0 Å². The first kappa shape index (κ1) is 14.2. The van der Waals surface area contributed by atoms with Crippen LogP contribution in [0, 0.1) is 5.92 Å². The minimum absolute atomic E-state index is 0.527. The van der Waals surface area contributed by atoms with E-state index in [1.807, 2.05) is 12.3 Å². The Balaban J connectivity index is 1.69. The van der Waals surface area contributed by atoms with Crippen LogP contribution >= 0.6 is 0 Å². The fraction of sp³-hybridized carbons (Fsp3) is 0.647. The highest BCUT2D eigenvalue weighted by Gasteiger charge is 2.24. The second-order valence-corrected chi connectivity index (χ2v) is 6.68. The van der Waals surface area contributed by atoms with Crippen molar-refractivity contribution in [3.05, 3.63) is 24.2 Å². The van der Waals surface area contributed by atoms with E-state index in [-0.39, 0.29) is 0 Å². The number of rotatable bonds is 3. The number of hydrogen-bond donors (Lipinski definition) is 2. The Morgan fingerprint density at radius 1 is 1.14 bits per heavy atom. The lowest BCUT2D eigenvalue weighted by Crippen LogP contribution is -2.34. The molecule has 2 atom stereocenters. The van der Waals surface area contributed by atoms with Crippen molar-refractivity contribution in [3.63, 3.8) is 0 Å². The van der Waals surface area contributed by atoms with Crippen LogP contribution in [0.1, 0.15) is 37.4 Å². The van der Waals surface area contributed by atoms with Crippen LogP contribution < -0.4 is 10.6 Å². The maximum Gasteiger partial charge on any atom is 0.160 e. The molecule has 5 heteroatoms. The maximum absolute atomic E-state index is 4.94. The first-order valence-electron chi connectivity index (χ1n) is 8.64. The van der Waals surface area contributed by atoms with Crippen LogP contribution in [0.15, 0.2) is 18.3 Å². The number of imidazole rings is 1. The Bertz CT molecular complexity index is 623. The van der Waals surface area contributed by atoms with Crippen molar-refractivity contribution in [3.8, 4) is 0 Å². The molecule has 0 bridgehead atoms. The third kappa shape index (κ3) is 2.75. The molecule has 2 fully saturated rings. The Morgan fingerprint density at radius 3 is 2.77 bits per heavy atom. The molecule has 0 aliphatic carbocycles. The molecule has 2 aromatic rings. The molecule has 0 spiro atoms. The molecule has 2 saturated heterocycles. The predicted octanol–water partition coefficient (Wildman–Crippen LogP) is 1.90.